The molecule has 6 heteroatoms. The molecular formula is C18H23N3O3. The molecule has 0 aromatic heterocycles. The fourth-order valence-electron chi connectivity index (χ4n) is 5.09. The van der Waals surface area contributed by atoms with Gasteiger partial charge in [0.05, 0.1) is 0 Å². The zero-order chi connectivity index (χ0) is 16.9. The molecule has 1 aromatic rings. The zero-order valence-electron chi connectivity index (χ0n) is 13.8. The van der Waals surface area contributed by atoms with Gasteiger partial charge in [0.1, 0.15) is 5.75 Å². The summed E-state index contributed by atoms with van der Waals surface area (Å²) in [5.74, 6) is 0.294. The molecule has 2 aliphatic heterocycles. The highest BCUT2D eigenvalue weighted by Crippen LogP contribution is 2.52. The minimum atomic E-state index is -0.408. The number of phenolic OH excluding ortho intramolecular Hbond substituents is 1. The van der Waals surface area contributed by atoms with Crippen molar-refractivity contribution in [2.24, 2.45) is 5.92 Å². The number of imide groups is 1. The van der Waals surface area contributed by atoms with Crippen LogP contribution in [0.3, 0.4) is 0 Å². The highest BCUT2D eigenvalue weighted by molar-refractivity contribution is 5.95. The third-order valence-electron chi connectivity index (χ3n) is 6.18. The minimum Gasteiger partial charge on any atom is -0.508 e. The Kier molecular flexibility index (Phi) is 3.53. The first kappa shape index (κ1) is 15.4. The summed E-state index contributed by atoms with van der Waals surface area (Å²) < 4.78 is 0. The molecule has 0 saturated carbocycles. The number of phenols is 1. The number of benzene rings is 1. The van der Waals surface area contributed by atoms with E-state index in [4.69, 9.17) is 0 Å². The first-order valence-corrected chi connectivity index (χ1v) is 8.60. The Labute approximate surface area is 141 Å². The van der Waals surface area contributed by atoms with Gasteiger partial charge in [-0.2, -0.15) is 0 Å². The van der Waals surface area contributed by atoms with Gasteiger partial charge in [-0.3, -0.25) is 10.1 Å². The lowest BCUT2D eigenvalue weighted by Gasteiger charge is -2.56. The number of hydrogen-bond donors (Lipinski definition) is 3. The fourth-order valence-corrected chi connectivity index (χ4v) is 5.09. The third kappa shape index (κ3) is 2.28. The molecule has 4 rings (SSSR count). The molecule has 3 unspecified atom stereocenters. The summed E-state index contributed by atoms with van der Waals surface area (Å²) in [4.78, 5) is 26.6. The van der Waals surface area contributed by atoms with Crippen LogP contribution < -0.4 is 10.6 Å². The lowest BCUT2D eigenvalue weighted by atomic mass is 9.55. The van der Waals surface area contributed by atoms with E-state index in [-0.39, 0.29) is 23.0 Å². The van der Waals surface area contributed by atoms with Crippen LogP contribution in [0.4, 0.5) is 4.79 Å². The molecule has 3 amide bonds. The van der Waals surface area contributed by atoms with Crippen LogP contribution in [0, 0.1) is 5.92 Å². The number of hydrogen-bond acceptors (Lipinski definition) is 4. The van der Waals surface area contributed by atoms with E-state index in [0.717, 1.165) is 31.4 Å². The molecule has 1 aromatic carbocycles. The quantitative estimate of drug-likeness (QED) is 0.666. The largest absolute Gasteiger partial charge is 0.508 e. The van der Waals surface area contributed by atoms with Crippen LogP contribution in [0.2, 0.25) is 0 Å². The number of piperidine rings is 1. The van der Waals surface area contributed by atoms with Gasteiger partial charge in [-0.05, 0) is 62.0 Å². The Balaban J connectivity index is 1.87. The Morgan fingerprint density at radius 2 is 2.17 bits per heavy atom. The number of likely N-dealkylation sites (N-methyl/N-ethyl adjacent to an activating group) is 1. The Bertz CT molecular complexity index is 705. The van der Waals surface area contributed by atoms with Crippen LogP contribution in [-0.2, 0) is 16.6 Å². The van der Waals surface area contributed by atoms with Crippen molar-refractivity contribution in [2.45, 2.75) is 37.1 Å². The topological polar surface area (TPSA) is 81.7 Å². The second-order valence-electron chi connectivity index (χ2n) is 7.38. The number of nitrogens with zero attached hydrogens (tertiary/aromatic N) is 1. The number of nitrogens with one attached hydrogen (secondary N) is 2. The van der Waals surface area contributed by atoms with Crippen LogP contribution in [-0.4, -0.2) is 48.1 Å². The summed E-state index contributed by atoms with van der Waals surface area (Å²) in [6.45, 7) is 1.48. The van der Waals surface area contributed by atoms with Gasteiger partial charge in [0.2, 0.25) is 5.91 Å². The van der Waals surface area contributed by atoms with E-state index in [9.17, 15) is 14.7 Å². The fraction of sp³-hybridized carbons (Fsp3) is 0.556. The van der Waals surface area contributed by atoms with Crippen molar-refractivity contribution >= 4 is 11.9 Å². The van der Waals surface area contributed by atoms with E-state index in [1.165, 1.54) is 5.56 Å². The number of likely N-dealkylation sites (tertiary alicyclic amines) is 1. The van der Waals surface area contributed by atoms with Crippen molar-refractivity contribution in [1.82, 2.24) is 15.5 Å². The molecule has 6 nitrogen and oxygen atoms in total. The Morgan fingerprint density at radius 1 is 1.33 bits per heavy atom. The van der Waals surface area contributed by atoms with Gasteiger partial charge in [-0.25, -0.2) is 4.79 Å². The molecular weight excluding hydrogens is 306 g/mol. The van der Waals surface area contributed by atoms with E-state index in [2.05, 4.69) is 22.6 Å². The average Bonchev–Trinajstić information content (AvgIpc) is 2.59. The van der Waals surface area contributed by atoms with Gasteiger partial charge in [0.25, 0.3) is 0 Å². The van der Waals surface area contributed by atoms with Crippen molar-refractivity contribution in [3.05, 3.63) is 29.3 Å². The van der Waals surface area contributed by atoms with Gasteiger partial charge in [0.15, 0.2) is 0 Å². The summed E-state index contributed by atoms with van der Waals surface area (Å²) in [6, 6.07) is 5.51. The first-order valence-electron chi connectivity index (χ1n) is 8.60. The second kappa shape index (κ2) is 5.48. The maximum Gasteiger partial charge on any atom is 0.321 e. The first-order chi connectivity index (χ1) is 11.5. The average molecular weight is 329 g/mol. The molecule has 2 heterocycles. The molecule has 3 aliphatic rings. The van der Waals surface area contributed by atoms with Crippen LogP contribution in [0.1, 0.15) is 30.4 Å². The zero-order valence-corrected chi connectivity index (χ0v) is 13.8. The van der Waals surface area contributed by atoms with E-state index in [0.29, 0.717) is 19.0 Å². The normalized spacial score (nSPS) is 33.2. The van der Waals surface area contributed by atoms with E-state index < -0.39 is 6.03 Å². The summed E-state index contributed by atoms with van der Waals surface area (Å²) in [6.07, 6.45) is 2.92. The number of carbonyl (C=O) groups is 2. The van der Waals surface area contributed by atoms with Gasteiger partial charge < -0.3 is 15.3 Å². The van der Waals surface area contributed by atoms with Gasteiger partial charge >= 0.3 is 6.03 Å². The van der Waals surface area contributed by atoms with E-state index in [1.807, 2.05) is 12.1 Å². The standard InChI is InChI=1S/C18H23N3O3/c1-21-7-5-18-10-16(23)20-17(24)19-6-4-13(18)15(21)8-11-2-3-12(22)9-14(11)18/h2-3,9,13,15,22H,4-8,10H2,1H3,(H2,19,20,23,24). The van der Waals surface area contributed by atoms with E-state index in [1.54, 1.807) is 6.07 Å². The molecule has 2 saturated heterocycles. The number of urea groups is 1. The number of rotatable bonds is 0. The SMILES string of the molecule is CN1CCC23CC(=O)NC(=O)NCCC2C1Cc1ccc(O)cc13. The molecule has 2 bridgehead atoms. The van der Waals surface area contributed by atoms with Gasteiger partial charge in [-0.1, -0.05) is 6.07 Å². The smallest absolute Gasteiger partial charge is 0.321 e. The summed E-state index contributed by atoms with van der Waals surface area (Å²) in [5.41, 5.74) is 2.01. The monoisotopic (exact) mass is 329 g/mol. The Hall–Kier alpha value is -2.08. The van der Waals surface area contributed by atoms with Crippen LogP contribution >= 0.6 is 0 Å². The van der Waals surface area contributed by atoms with Crippen molar-refractivity contribution in [2.75, 3.05) is 20.1 Å². The van der Waals surface area contributed by atoms with Crippen molar-refractivity contribution < 1.29 is 14.7 Å². The minimum absolute atomic E-state index is 0.237. The lowest BCUT2D eigenvalue weighted by molar-refractivity contribution is -0.123. The van der Waals surface area contributed by atoms with Crippen LogP contribution in [0.5, 0.6) is 5.75 Å². The molecule has 0 radical (unpaired) electrons. The second-order valence-corrected chi connectivity index (χ2v) is 7.38. The highest BCUT2D eigenvalue weighted by atomic mass is 16.3. The van der Waals surface area contributed by atoms with Crippen LogP contribution in [0.15, 0.2) is 18.2 Å². The van der Waals surface area contributed by atoms with E-state index >= 15 is 0 Å². The van der Waals surface area contributed by atoms with Gasteiger partial charge in [0, 0.05) is 24.4 Å². The summed E-state index contributed by atoms with van der Waals surface area (Å²) in [7, 11) is 2.14. The lowest BCUT2D eigenvalue weighted by Crippen LogP contribution is -2.59. The molecule has 24 heavy (non-hydrogen) atoms. The predicted molar refractivity (Wildman–Crippen MR) is 88.8 cm³/mol. The van der Waals surface area contributed by atoms with Crippen molar-refractivity contribution in [1.29, 1.82) is 0 Å². The molecule has 0 spiro atoms. The molecule has 128 valence electrons. The Morgan fingerprint density at radius 3 is 3.00 bits per heavy atom. The summed E-state index contributed by atoms with van der Waals surface area (Å²) in [5, 5.41) is 15.3. The third-order valence-corrected chi connectivity index (χ3v) is 6.18. The number of carbonyl (C=O) groups excluding carboxylic acids is 2. The highest BCUT2D eigenvalue weighted by Gasteiger charge is 2.53. The molecule has 3 atom stereocenters. The van der Waals surface area contributed by atoms with Gasteiger partial charge in [-0.15, -0.1) is 0 Å². The summed E-state index contributed by atoms with van der Waals surface area (Å²) >= 11 is 0. The number of aromatic hydroxyl groups is 1. The number of amides is 3. The molecule has 3 N–H and O–H groups in total. The number of fused-ring (bicyclic) bond motifs is 1. The molecule has 1 aliphatic carbocycles. The van der Waals surface area contributed by atoms with Crippen LogP contribution in [0.25, 0.3) is 0 Å². The maximum absolute atomic E-state index is 12.5. The predicted octanol–water partition coefficient (Wildman–Crippen LogP) is 1.13. The van der Waals surface area contributed by atoms with Crippen molar-refractivity contribution in [3.8, 4) is 5.75 Å². The molecule has 2 fully saturated rings. The maximum atomic E-state index is 12.5. The van der Waals surface area contributed by atoms with Crippen molar-refractivity contribution in [3.63, 3.8) is 0 Å².